The van der Waals surface area contributed by atoms with Gasteiger partial charge in [-0.25, -0.2) is 0 Å². The number of carbonyl (C=O) groups is 1. The minimum Gasteiger partial charge on any atom is -0.393 e. The molecule has 9 atom stereocenters. The first kappa shape index (κ1) is 32.4. The van der Waals surface area contributed by atoms with Gasteiger partial charge in [0.05, 0.1) is 17.7 Å². The SMILES string of the molecule is CC1(C)C2CC[C@]3(C)C(CC=C4[C@@H]5C[C@@](C)(C(=O)NCc6cc(-c7ccccc7Cl)no6)CC[C@]5(C)CC[C@]43C)[C@@]2(C)CC[C@@H]1O. The molecular formula is C40H55ClN2O3. The van der Waals surface area contributed by atoms with E-state index in [1.165, 1.54) is 25.7 Å². The summed E-state index contributed by atoms with van der Waals surface area (Å²) in [6.07, 6.45) is 13.5. The van der Waals surface area contributed by atoms with E-state index in [4.69, 9.17) is 16.1 Å². The van der Waals surface area contributed by atoms with E-state index in [-0.39, 0.29) is 39.1 Å². The van der Waals surface area contributed by atoms with Gasteiger partial charge in [0.25, 0.3) is 0 Å². The minimum absolute atomic E-state index is 0.0369. The van der Waals surface area contributed by atoms with Crippen LogP contribution in [0.2, 0.25) is 5.02 Å². The van der Waals surface area contributed by atoms with Gasteiger partial charge in [0.15, 0.2) is 5.76 Å². The van der Waals surface area contributed by atoms with Gasteiger partial charge in [-0.3, -0.25) is 4.79 Å². The highest BCUT2D eigenvalue weighted by atomic mass is 35.5. The quantitative estimate of drug-likeness (QED) is 0.324. The fourth-order valence-corrected chi connectivity index (χ4v) is 12.4. The standard InChI is InChI=1S/C40H55ClN2O3/c1-35(2)31-14-17-40(7)32(38(31,5)16-15-33(35)44)13-12-27-28-23-37(4,19-18-36(28,3)20-21-39(27,40)6)34(45)42-24-25-22-30(43-46-25)26-10-8-9-11-29(26)41/h8-12,22,28,31-33,44H,13-21,23-24H2,1-7H3,(H,42,45)/t28-,31?,32?,33-,36+,37-,38-,39+,40+/m0/s1. The molecule has 0 aliphatic heterocycles. The number of aliphatic hydroxyl groups is 1. The first-order valence-electron chi connectivity index (χ1n) is 17.9. The second-order valence-electron chi connectivity index (χ2n) is 18.0. The fourth-order valence-electron chi connectivity index (χ4n) is 12.1. The lowest BCUT2D eigenvalue weighted by atomic mass is 9.33. The first-order valence-corrected chi connectivity index (χ1v) is 18.3. The molecule has 5 aliphatic carbocycles. The highest BCUT2D eigenvalue weighted by Gasteiger charge is 2.68. The molecule has 2 N–H and O–H groups in total. The lowest BCUT2D eigenvalue weighted by Gasteiger charge is -2.71. The van der Waals surface area contributed by atoms with Crippen molar-refractivity contribution in [3.05, 3.63) is 52.8 Å². The lowest BCUT2D eigenvalue weighted by Crippen LogP contribution is -2.64. The van der Waals surface area contributed by atoms with Crippen LogP contribution in [0.3, 0.4) is 0 Å². The number of carbonyl (C=O) groups excluding carboxylic acids is 1. The van der Waals surface area contributed by atoms with E-state index in [2.05, 4.69) is 65.0 Å². The average Bonchev–Trinajstić information content (AvgIpc) is 3.48. The van der Waals surface area contributed by atoms with Gasteiger partial charge in [0.1, 0.15) is 5.69 Å². The molecule has 1 aromatic carbocycles. The minimum atomic E-state index is -0.431. The Morgan fingerprint density at radius 2 is 1.72 bits per heavy atom. The van der Waals surface area contributed by atoms with Crippen molar-refractivity contribution in [3.63, 3.8) is 0 Å². The summed E-state index contributed by atoms with van der Waals surface area (Å²) in [7, 11) is 0. The zero-order valence-electron chi connectivity index (χ0n) is 29.1. The van der Waals surface area contributed by atoms with Crippen molar-refractivity contribution in [2.24, 2.45) is 50.2 Å². The molecule has 250 valence electrons. The zero-order valence-corrected chi connectivity index (χ0v) is 29.9. The number of rotatable bonds is 4. The maximum atomic E-state index is 14.0. The highest BCUT2D eigenvalue weighted by Crippen LogP contribution is 2.75. The number of allylic oxidation sites excluding steroid dienone is 2. The summed E-state index contributed by atoms with van der Waals surface area (Å²) in [4.78, 5) is 14.0. The summed E-state index contributed by atoms with van der Waals surface area (Å²) >= 11 is 6.38. The van der Waals surface area contributed by atoms with Crippen LogP contribution in [0.25, 0.3) is 11.3 Å². The van der Waals surface area contributed by atoms with Crippen LogP contribution >= 0.6 is 11.6 Å². The van der Waals surface area contributed by atoms with Gasteiger partial charge in [0, 0.05) is 17.0 Å². The van der Waals surface area contributed by atoms with E-state index >= 15 is 0 Å². The maximum Gasteiger partial charge on any atom is 0.226 e. The van der Waals surface area contributed by atoms with Crippen molar-refractivity contribution in [1.82, 2.24) is 10.5 Å². The summed E-state index contributed by atoms with van der Waals surface area (Å²) in [6.45, 7) is 17.5. The van der Waals surface area contributed by atoms with Crippen LogP contribution in [0.5, 0.6) is 0 Å². The molecule has 0 bridgehead atoms. The predicted octanol–water partition coefficient (Wildman–Crippen LogP) is 9.77. The summed E-state index contributed by atoms with van der Waals surface area (Å²) in [5.74, 6) is 2.35. The molecule has 7 rings (SSSR count). The molecule has 2 unspecified atom stereocenters. The molecule has 2 aromatic rings. The van der Waals surface area contributed by atoms with Gasteiger partial charge >= 0.3 is 0 Å². The number of hydrogen-bond acceptors (Lipinski definition) is 4. The molecule has 4 fully saturated rings. The average molecular weight is 647 g/mol. The Bertz CT molecular complexity index is 1560. The van der Waals surface area contributed by atoms with Gasteiger partial charge in [-0.05, 0) is 115 Å². The van der Waals surface area contributed by atoms with Crippen molar-refractivity contribution in [3.8, 4) is 11.3 Å². The summed E-state index contributed by atoms with van der Waals surface area (Å²) in [5, 5.41) is 19.1. The Balaban J connectivity index is 1.12. The van der Waals surface area contributed by atoms with Gasteiger partial charge < -0.3 is 14.9 Å². The largest absolute Gasteiger partial charge is 0.393 e. The van der Waals surface area contributed by atoms with Gasteiger partial charge in [-0.15, -0.1) is 0 Å². The van der Waals surface area contributed by atoms with Crippen LogP contribution in [0.15, 0.2) is 46.5 Å². The van der Waals surface area contributed by atoms with Crippen molar-refractivity contribution in [1.29, 1.82) is 0 Å². The Hall–Kier alpha value is -2.11. The van der Waals surface area contributed by atoms with E-state index in [1.807, 2.05) is 30.3 Å². The second-order valence-corrected chi connectivity index (χ2v) is 18.4. The van der Waals surface area contributed by atoms with Crippen molar-refractivity contribution >= 4 is 17.5 Å². The lowest BCUT2D eigenvalue weighted by molar-refractivity contribution is -0.203. The van der Waals surface area contributed by atoms with E-state index in [0.717, 1.165) is 44.1 Å². The number of halogens is 1. The number of benzene rings is 1. The Kier molecular flexibility index (Phi) is 7.54. The molecule has 0 spiro atoms. The number of amides is 1. The van der Waals surface area contributed by atoms with Crippen LogP contribution in [0.4, 0.5) is 0 Å². The van der Waals surface area contributed by atoms with E-state index in [1.54, 1.807) is 5.57 Å². The number of aromatic nitrogens is 1. The topological polar surface area (TPSA) is 75.4 Å². The van der Waals surface area contributed by atoms with Crippen molar-refractivity contribution < 1.29 is 14.4 Å². The molecule has 5 aliphatic rings. The molecule has 1 heterocycles. The number of nitrogens with one attached hydrogen (secondary N) is 1. The summed E-state index contributed by atoms with van der Waals surface area (Å²) in [6, 6.07) is 9.47. The molecular weight excluding hydrogens is 592 g/mol. The van der Waals surface area contributed by atoms with Crippen molar-refractivity contribution in [2.75, 3.05) is 0 Å². The molecule has 0 saturated heterocycles. The molecule has 0 radical (unpaired) electrons. The van der Waals surface area contributed by atoms with E-state index in [9.17, 15) is 9.90 Å². The number of aliphatic hydroxyl groups excluding tert-OH is 1. The van der Waals surface area contributed by atoms with Gasteiger partial charge in [0.2, 0.25) is 5.91 Å². The van der Waals surface area contributed by atoms with Gasteiger partial charge in [-0.2, -0.15) is 0 Å². The fraction of sp³-hybridized carbons (Fsp3) is 0.700. The van der Waals surface area contributed by atoms with Crippen LogP contribution < -0.4 is 5.32 Å². The Morgan fingerprint density at radius 1 is 0.978 bits per heavy atom. The maximum absolute atomic E-state index is 14.0. The van der Waals surface area contributed by atoms with Crippen molar-refractivity contribution in [2.45, 2.75) is 125 Å². The second kappa shape index (κ2) is 10.7. The third-order valence-corrected chi connectivity index (χ3v) is 15.8. The van der Waals surface area contributed by atoms with Crippen LogP contribution in [-0.4, -0.2) is 22.3 Å². The number of hydrogen-bond donors (Lipinski definition) is 2. The zero-order chi connectivity index (χ0) is 32.9. The van der Waals surface area contributed by atoms with E-state index < -0.39 is 5.41 Å². The molecule has 4 saturated carbocycles. The monoisotopic (exact) mass is 646 g/mol. The first-order chi connectivity index (χ1) is 21.6. The number of fused-ring (bicyclic) bond motifs is 7. The van der Waals surface area contributed by atoms with Crippen LogP contribution in [0.1, 0.15) is 118 Å². The predicted molar refractivity (Wildman–Crippen MR) is 184 cm³/mol. The normalized spacial score (nSPS) is 42.9. The molecule has 46 heavy (non-hydrogen) atoms. The third kappa shape index (κ3) is 4.56. The molecule has 6 heteroatoms. The smallest absolute Gasteiger partial charge is 0.226 e. The van der Waals surface area contributed by atoms with E-state index in [0.29, 0.717) is 40.8 Å². The molecule has 1 amide bonds. The number of nitrogens with zero attached hydrogens (tertiary/aromatic N) is 1. The van der Waals surface area contributed by atoms with Crippen LogP contribution in [0, 0.1) is 50.2 Å². The summed E-state index contributed by atoms with van der Waals surface area (Å²) in [5.41, 5.74) is 3.55. The third-order valence-electron chi connectivity index (χ3n) is 15.5. The van der Waals surface area contributed by atoms with Crippen LogP contribution in [-0.2, 0) is 11.3 Å². The molecule has 5 nitrogen and oxygen atoms in total. The van der Waals surface area contributed by atoms with Gasteiger partial charge in [-0.1, -0.05) is 95.1 Å². The Labute approximate surface area is 281 Å². The summed E-state index contributed by atoms with van der Waals surface area (Å²) < 4.78 is 5.61. The highest BCUT2D eigenvalue weighted by molar-refractivity contribution is 6.33. The molecule has 1 aromatic heterocycles. The Morgan fingerprint density at radius 3 is 2.48 bits per heavy atom.